The molecule has 1 aromatic carbocycles. The van der Waals surface area contributed by atoms with Gasteiger partial charge in [-0.05, 0) is 46.5 Å². The molecule has 0 aliphatic heterocycles. The van der Waals surface area contributed by atoms with Gasteiger partial charge in [0.2, 0.25) is 0 Å². The molecule has 0 bridgehead atoms. The smallest absolute Gasteiger partial charge is 0.368 e. The van der Waals surface area contributed by atoms with E-state index in [0.29, 0.717) is 12.3 Å². The van der Waals surface area contributed by atoms with Gasteiger partial charge in [0.05, 0.1) is 5.69 Å². The van der Waals surface area contributed by atoms with Gasteiger partial charge in [-0.1, -0.05) is 12.1 Å². The number of thiophene rings is 1. The summed E-state index contributed by atoms with van der Waals surface area (Å²) >= 11 is 1.53. The Balaban J connectivity index is 1.99. The summed E-state index contributed by atoms with van der Waals surface area (Å²) in [5.74, 6) is 0. The average molecular weight is 302 g/mol. The Kier molecular flexibility index (Phi) is 3.57. The predicted molar refractivity (Wildman–Crippen MR) is 80.0 cm³/mol. The highest BCUT2D eigenvalue weighted by Gasteiger charge is 2.13. The summed E-state index contributed by atoms with van der Waals surface area (Å²) in [6.45, 7) is 2.36. The van der Waals surface area contributed by atoms with Crippen LogP contribution in [-0.4, -0.2) is 19.8 Å². The lowest BCUT2D eigenvalue weighted by molar-refractivity contribution is 0.314. The second-order valence-corrected chi connectivity index (χ2v) is 5.50. The van der Waals surface area contributed by atoms with Crippen LogP contribution in [0.4, 0.5) is 0 Å². The molecule has 21 heavy (non-hydrogen) atoms. The second-order valence-electron chi connectivity index (χ2n) is 4.59. The highest BCUT2D eigenvalue weighted by atomic mass is 32.1. The Morgan fingerprint density at radius 3 is 2.76 bits per heavy atom. The van der Waals surface area contributed by atoms with Crippen molar-refractivity contribution in [3.05, 3.63) is 57.3 Å². The first-order chi connectivity index (χ1) is 10.2. The topological polar surface area (TPSA) is 61.9 Å². The Morgan fingerprint density at radius 1 is 1.24 bits per heavy atom. The third-order valence-corrected chi connectivity index (χ3v) is 3.97. The van der Waals surface area contributed by atoms with Crippen molar-refractivity contribution in [3.63, 3.8) is 0 Å². The summed E-state index contributed by atoms with van der Waals surface area (Å²) in [5, 5.41) is 10.5. The van der Waals surface area contributed by atoms with E-state index in [1.807, 2.05) is 42.6 Å². The van der Waals surface area contributed by atoms with Gasteiger partial charge in [-0.2, -0.15) is 9.36 Å². The van der Waals surface area contributed by atoms with E-state index < -0.39 is 0 Å². The fourth-order valence-electron chi connectivity index (χ4n) is 2.03. The molecule has 108 valence electrons. The largest absolute Gasteiger partial charge is 0.479 e. The monoisotopic (exact) mass is 302 g/mol. The van der Waals surface area contributed by atoms with Crippen LogP contribution in [0.3, 0.4) is 0 Å². The Labute approximate surface area is 125 Å². The molecule has 0 atom stereocenters. The Hall–Kier alpha value is -2.41. The van der Waals surface area contributed by atoms with Crippen molar-refractivity contribution in [2.45, 2.75) is 13.5 Å². The molecule has 0 N–H and O–H groups in total. The first-order valence-electron chi connectivity index (χ1n) is 6.41. The lowest BCUT2D eigenvalue weighted by Gasteiger charge is -2.11. The molecule has 0 fully saturated rings. The zero-order valence-electron chi connectivity index (χ0n) is 11.7. The molecule has 2 aromatic heterocycles. The molecular weight excluding hydrogens is 288 g/mol. The third-order valence-electron chi connectivity index (χ3n) is 3.19. The molecule has 0 amide bonds. The molecule has 6 nitrogen and oxygen atoms in total. The van der Waals surface area contributed by atoms with Crippen molar-refractivity contribution in [2.75, 3.05) is 0 Å². The van der Waals surface area contributed by atoms with E-state index in [-0.39, 0.29) is 5.69 Å². The minimum absolute atomic E-state index is 0.280. The molecule has 7 heteroatoms. The number of hydrogen-bond acceptors (Lipinski definition) is 5. The number of aryl methyl sites for hydroxylation is 2. The van der Waals surface area contributed by atoms with Gasteiger partial charge in [-0.3, -0.25) is 0 Å². The maximum atomic E-state index is 12.0. The minimum atomic E-state index is -0.280. The maximum absolute atomic E-state index is 12.0. The van der Waals surface area contributed by atoms with Crippen molar-refractivity contribution in [3.8, 4) is 10.8 Å². The molecular formula is C14H14N4O2S. The summed E-state index contributed by atoms with van der Waals surface area (Å²) in [6, 6.07) is 9.57. The number of aromatic nitrogens is 4. The highest BCUT2D eigenvalue weighted by Crippen LogP contribution is 2.23. The van der Waals surface area contributed by atoms with Crippen LogP contribution in [0.15, 0.2) is 40.5 Å². The zero-order valence-corrected chi connectivity index (χ0v) is 12.5. The lowest BCUT2D eigenvalue weighted by atomic mass is 10.1. The number of tetrazole rings is 1. The van der Waals surface area contributed by atoms with Gasteiger partial charge in [0, 0.05) is 12.6 Å². The van der Waals surface area contributed by atoms with Gasteiger partial charge in [0.1, 0.15) is 6.61 Å². The van der Waals surface area contributed by atoms with Gasteiger partial charge in [-0.15, -0.1) is 11.3 Å². The molecule has 3 rings (SSSR count). The van der Waals surface area contributed by atoms with Crippen LogP contribution in [0.1, 0.15) is 11.1 Å². The van der Waals surface area contributed by atoms with Gasteiger partial charge in [0.25, 0.3) is 0 Å². The minimum Gasteiger partial charge on any atom is -0.479 e. The SMILES string of the molecule is Cc1cccc(-n2nnn(C)c2=O)c1COc1cccs1. The van der Waals surface area contributed by atoms with Crippen molar-refractivity contribution >= 4 is 11.3 Å². The summed E-state index contributed by atoms with van der Waals surface area (Å²) in [7, 11) is 1.57. The number of rotatable bonds is 4. The molecule has 0 spiro atoms. The number of ether oxygens (including phenoxy) is 1. The van der Waals surface area contributed by atoms with E-state index in [2.05, 4.69) is 10.4 Å². The average Bonchev–Trinajstić information content (AvgIpc) is 3.09. The first kappa shape index (κ1) is 13.6. The highest BCUT2D eigenvalue weighted by molar-refractivity contribution is 7.11. The predicted octanol–water partition coefficient (Wildman–Crippen LogP) is 1.91. The molecule has 0 unspecified atom stereocenters. The van der Waals surface area contributed by atoms with Crippen LogP contribution >= 0.6 is 11.3 Å². The van der Waals surface area contributed by atoms with Crippen LogP contribution in [0.2, 0.25) is 0 Å². The van der Waals surface area contributed by atoms with Gasteiger partial charge < -0.3 is 4.74 Å². The van der Waals surface area contributed by atoms with Gasteiger partial charge in [-0.25, -0.2) is 4.79 Å². The van der Waals surface area contributed by atoms with Crippen molar-refractivity contribution in [1.82, 2.24) is 19.8 Å². The Morgan fingerprint density at radius 2 is 2.10 bits per heavy atom. The molecule has 0 aliphatic carbocycles. The van der Waals surface area contributed by atoms with Crippen LogP contribution in [-0.2, 0) is 13.7 Å². The third kappa shape index (κ3) is 2.59. The normalized spacial score (nSPS) is 10.8. The van der Waals surface area contributed by atoms with E-state index in [1.54, 1.807) is 7.05 Å². The van der Waals surface area contributed by atoms with E-state index in [4.69, 9.17) is 4.74 Å². The lowest BCUT2D eigenvalue weighted by Crippen LogP contribution is -2.23. The van der Waals surface area contributed by atoms with Crippen molar-refractivity contribution in [1.29, 1.82) is 0 Å². The second kappa shape index (κ2) is 5.53. The standard InChI is InChI=1S/C14H14N4O2S/c1-10-5-3-6-12(18-14(19)17(2)15-16-18)11(10)9-20-13-7-4-8-21-13/h3-8H,9H2,1-2H3. The number of benzene rings is 1. The van der Waals surface area contributed by atoms with Gasteiger partial charge in [0.15, 0.2) is 5.06 Å². The van der Waals surface area contributed by atoms with E-state index >= 15 is 0 Å². The van der Waals surface area contributed by atoms with Crippen LogP contribution < -0.4 is 10.4 Å². The maximum Gasteiger partial charge on any atom is 0.368 e. The quantitative estimate of drug-likeness (QED) is 0.738. The Bertz CT molecular complexity index is 805. The molecule has 0 aliphatic rings. The van der Waals surface area contributed by atoms with E-state index in [9.17, 15) is 4.79 Å². The summed E-state index contributed by atoms with van der Waals surface area (Å²) in [6.07, 6.45) is 0. The van der Waals surface area contributed by atoms with Crippen LogP contribution in [0.25, 0.3) is 5.69 Å². The first-order valence-corrected chi connectivity index (χ1v) is 7.29. The summed E-state index contributed by atoms with van der Waals surface area (Å²) < 4.78 is 8.26. The zero-order chi connectivity index (χ0) is 14.8. The molecule has 0 radical (unpaired) electrons. The fraction of sp³-hybridized carbons (Fsp3) is 0.214. The molecule has 0 saturated heterocycles. The number of hydrogen-bond donors (Lipinski definition) is 0. The van der Waals surface area contributed by atoms with Crippen LogP contribution in [0.5, 0.6) is 5.06 Å². The molecule has 0 saturated carbocycles. The number of nitrogens with zero attached hydrogens (tertiary/aromatic N) is 4. The van der Waals surface area contributed by atoms with Gasteiger partial charge >= 0.3 is 5.69 Å². The molecule has 3 aromatic rings. The van der Waals surface area contributed by atoms with E-state index in [1.165, 1.54) is 20.7 Å². The van der Waals surface area contributed by atoms with E-state index in [0.717, 1.165) is 16.2 Å². The van der Waals surface area contributed by atoms with Crippen molar-refractivity contribution < 1.29 is 4.74 Å². The fourth-order valence-corrected chi connectivity index (χ4v) is 2.60. The summed E-state index contributed by atoms with van der Waals surface area (Å²) in [4.78, 5) is 12.0. The van der Waals surface area contributed by atoms with Crippen LogP contribution in [0, 0.1) is 6.92 Å². The summed E-state index contributed by atoms with van der Waals surface area (Å²) in [5.41, 5.74) is 2.39. The van der Waals surface area contributed by atoms with Crippen molar-refractivity contribution in [2.24, 2.45) is 7.05 Å². The molecule has 2 heterocycles.